The first-order valence-corrected chi connectivity index (χ1v) is 11.2. The topological polar surface area (TPSA) is 68.3 Å². The molecule has 4 rings (SSSR count). The van der Waals surface area contributed by atoms with Crippen LogP contribution in [0.1, 0.15) is 53.9 Å². The number of pyridine rings is 1. The summed E-state index contributed by atoms with van der Waals surface area (Å²) in [6, 6.07) is 13.8. The molecule has 1 amide bonds. The molecule has 5 nitrogen and oxygen atoms in total. The number of hydrogen-bond acceptors (Lipinski definition) is 4. The fraction of sp³-hybridized carbons (Fsp3) is 0.296. The largest absolute Gasteiger partial charge is 0.452 e. The maximum Gasteiger partial charge on any atom is 0.339 e. The lowest BCUT2D eigenvalue weighted by Crippen LogP contribution is -2.31. The SMILES string of the molecule is CC(C)CNC(=O)COC(=O)c1c2c(nc3ccccc13)C(=Cc1ccc(F)cc1)CCC2. The van der Waals surface area contributed by atoms with Gasteiger partial charge in [0.2, 0.25) is 0 Å². The maximum absolute atomic E-state index is 13.3. The van der Waals surface area contributed by atoms with Crippen LogP contribution >= 0.6 is 0 Å². The molecule has 6 heteroatoms. The number of aromatic nitrogens is 1. The van der Waals surface area contributed by atoms with Crippen LogP contribution in [-0.2, 0) is 16.0 Å². The molecule has 0 unspecified atom stereocenters. The number of para-hydroxylation sites is 1. The van der Waals surface area contributed by atoms with Gasteiger partial charge in [-0.2, -0.15) is 0 Å². The molecular formula is C27H27FN2O3. The number of nitrogens with zero attached hydrogens (tertiary/aromatic N) is 1. The lowest BCUT2D eigenvalue weighted by molar-refractivity contribution is -0.124. The van der Waals surface area contributed by atoms with Crippen LogP contribution in [0.25, 0.3) is 22.6 Å². The molecule has 33 heavy (non-hydrogen) atoms. The highest BCUT2D eigenvalue weighted by atomic mass is 19.1. The van der Waals surface area contributed by atoms with Crippen molar-refractivity contribution in [3.05, 3.63) is 76.7 Å². The second-order valence-corrected chi connectivity index (χ2v) is 8.68. The molecule has 2 aromatic carbocycles. The number of allylic oxidation sites excluding steroid dienone is 1. The number of hydrogen-bond donors (Lipinski definition) is 1. The maximum atomic E-state index is 13.3. The van der Waals surface area contributed by atoms with Crippen molar-refractivity contribution >= 4 is 34.4 Å². The van der Waals surface area contributed by atoms with Crippen LogP contribution in [0, 0.1) is 11.7 Å². The molecule has 0 spiro atoms. The van der Waals surface area contributed by atoms with Gasteiger partial charge in [-0.05, 0) is 66.2 Å². The quantitative estimate of drug-likeness (QED) is 0.530. The van der Waals surface area contributed by atoms with E-state index in [1.54, 1.807) is 12.1 Å². The highest BCUT2D eigenvalue weighted by molar-refractivity contribution is 6.07. The van der Waals surface area contributed by atoms with E-state index in [-0.39, 0.29) is 18.3 Å². The van der Waals surface area contributed by atoms with E-state index in [1.165, 1.54) is 12.1 Å². The van der Waals surface area contributed by atoms with E-state index in [0.717, 1.165) is 35.2 Å². The molecule has 1 heterocycles. The number of amides is 1. The van der Waals surface area contributed by atoms with Gasteiger partial charge in [-0.25, -0.2) is 14.2 Å². The number of carbonyl (C=O) groups is 2. The Morgan fingerprint density at radius 3 is 2.64 bits per heavy atom. The van der Waals surface area contributed by atoms with E-state index in [0.29, 0.717) is 35.3 Å². The highest BCUT2D eigenvalue weighted by Crippen LogP contribution is 2.36. The van der Waals surface area contributed by atoms with Crippen molar-refractivity contribution in [2.24, 2.45) is 5.92 Å². The van der Waals surface area contributed by atoms with Crippen LogP contribution in [0.3, 0.4) is 0 Å². The van der Waals surface area contributed by atoms with E-state index in [1.807, 2.05) is 44.2 Å². The second kappa shape index (κ2) is 9.94. The number of halogens is 1. The van der Waals surface area contributed by atoms with E-state index < -0.39 is 5.97 Å². The molecule has 0 fully saturated rings. The first-order valence-electron chi connectivity index (χ1n) is 11.2. The van der Waals surface area contributed by atoms with E-state index >= 15 is 0 Å². The Balaban J connectivity index is 1.70. The summed E-state index contributed by atoms with van der Waals surface area (Å²) in [4.78, 5) is 30.1. The van der Waals surface area contributed by atoms with Gasteiger partial charge in [-0.1, -0.05) is 44.2 Å². The molecule has 170 valence electrons. The predicted octanol–water partition coefficient (Wildman–Crippen LogP) is 5.18. The van der Waals surface area contributed by atoms with Gasteiger partial charge in [-0.15, -0.1) is 0 Å². The van der Waals surface area contributed by atoms with Gasteiger partial charge in [-0.3, -0.25) is 4.79 Å². The van der Waals surface area contributed by atoms with Gasteiger partial charge in [0.15, 0.2) is 6.61 Å². The Hall–Kier alpha value is -3.54. The van der Waals surface area contributed by atoms with Crippen molar-refractivity contribution in [3.8, 4) is 0 Å². The average molecular weight is 447 g/mol. The van der Waals surface area contributed by atoms with Crippen molar-refractivity contribution in [2.75, 3.05) is 13.2 Å². The van der Waals surface area contributed by atoms with Crippen molar-refractivity contribution in [2.45, 2.75) is 33.1 Å². The molecule has 0 radical (unpaired) electrons. The molecular weight excluding hydrogens is 419 g/mol. The summed E-state index contributed by atoms with van der Waals surface area (Å²) in [6.07, 6.45) is 4.35. The van der Waals surface area contributed by atoms with Crippen molar-refractivity contribution in [1.29, 1.82) is 0 Å². The van der Waals surface area contributed by atoms with Gasteiger partial charge in [0, 0.05) is 11.9 Å². The molecule has 0 bridgehead atoms. The zero-order valence-electron chi connectivity index (χ0n) is 18.9. The van der Waals surface area contributed by atoms with Crippen LogP contribution in [0.15, 0.2) is 48.5 Å². The van der Waals surface area contributed by atoms with Crippen LogP contribution in [0.5, 0.6) is 0 Å². The van der Waals surface area contributed by atoms with Crippen LogP contribution in [-0.4, -0.2) is 30.0 Å². The van der Waals surface area contributed by atoms with Crippen LogP contribution in [0.2, 0.25) is 0 Å². The minimum atomic E-state index is -0.521. The molecule has 1 aliphatic rings. The summed E-state index contributed by atoms with van der Waals surface area (Å²) in [5.41, 5.74) is 4.63. The Labute approximate surface area is 192 Å². The molecule has 1 aromatic heterocycles. The number of carbonyl (C=O) groups excluding carboxylic acids is 2. The first-order chi connectivity index (χ1) is 15.9. The first kappa shape index (κ1) is 22.6. The van der Waals surface area contributed by atoms with Gasteiger partial charge < -0.3 is 10.1 Å². The number of benzene rings is 2. The zero-order valence-corrected chi connectivity index (χ0v) is 18.9. The van der Waals surface area contributed by atoms with Gasteiger partial charge in [0.25, 0.3) is 5.91 Å². The molecule has 1 aliphatic carbocycles. The van der Waals surface area contributed by atoms with Gasteiger partial charge in [0.1, 0.15) is 5.82 Å². The van der Waals surface area contributed by atoms with E-state index in [4.69, 9.17) is 9.72 Å². The average Bonchev–Trinajstić information content (AvgIpc) is 2.81. The highest BCUT2D eigenvalue weighted by Gasteiger charge is 2.26. The molecule has 0 saturated heterocycles. The third-order valence-electron chi connectivity index (χ3n) is 5.63. The summed E-state index contributed by atoms with van der Waals surface area (Å²) in [5.74, 6) is -0.811. The monoisotopic (exact) mass is 446 g/mol. The smallest absolute Gasteiger partial charge is 0.339 e. The molecule has 0 atom stereocenters. The van der Waals surface area contributed by atoms with Crippen LogP contribution < -0.4 is 5.32 Å². The third kappa shape index (κ3) is 5.28. The van der Waals surface area contributed by atoms with E-state index in [2.05, 4.69) is 5.32 Å². The minimum Gasteiger partial charge on any atom is -0.452 e. The Morgan fingerprint density at radius 1 is 1.12 bits per heavy atom. The minimum absolute atomic E-state index is 0.284. The van der Waals surface area contributed by atoms with Gasteiger partial charge >= 0.3 is 5.97 Å². The Bertz CT molecular complexity index is 1220. The molecule has 0 saturated carbocycles. The predicted molar refractivity (Wildman–Crippen MR) is 127 cm³/mol. The van der Waals surface area contributed by atoms with Gasteiger partial charge in [0.05, 0.1) is 16.8 Å². The molecule has 0 aliphatic heterocycles. The summed E-state index contributed by atoms with van der Waals surface area (Å²) >= 11 is 0. The fourth-order valence-corrected chi connectivity index (χ4v) is 4.04. The third-order valence-corrected chi connectivity index (χ3v) is 5.63. The van der Waals surface area contributed by atoms with Crippen molar-refractivity contribution < 1.29 is 18.7 Å². The number of ether oxygens (including phenoxy) is 1. The summed E-state index contributed by atoms with van der Waals surface area (Å²) in [6.45, 7) is 4.20. The number of esters is 1. The van der Waals surface area contributed by atoms with Crippen molar-refractivity contribution in [3.63, 3.8) is 0 Å². The standard InChI is InChI=1S/C27H27FN2O3/c1-17(2)15-29-24(31)16-33-27(32)25-21-7-3-4-9-23(21)30-26-19(6-5-8-22(25)26)14-18-10-12-20(28)13-11-18/h3-4,7,9-14,17H,5-6,8,15-16H2,1-2H3,(H,29,31). The lowest BCUT2D eigenvalue weighted by atomic mass is 9.86. The molecule has 1 N–H and O–H groups in total. The van der Waals surface area contributed by atoms with Crippen LogP contribution in [0.4, 0.5) is 4.39 Å². The summed E-state index contributed by atoms with van der Waals surface area (Å²) < 4.78 is 18.7. The number of rotatable bonds is 6. The zero-order chi connectivity index (χ0) is 23.4. The normalized spacial score (nSPS) is 14.4. The number of nitrogens with one attached hydrogen (secondary N) is 1. The van der Waals surface area contributed by atoms with E-state index in [9.17, 15) is 14.0 Å². The summed E-state index contributed by atoms with van der Waals surface area (Å²) in [7, 11) is 0. The Morgan fingerprint density at radius 2 is 1.88 bits per heavy atom. The second-order valence-electron chi connectivity index (χ2n) is 8.68. The van der Waals surface area contributed by atoms with Crippen molar-refractivity contribution in [1.82, 2.24) is 10.3 Å². The summed E-state index contributed by atoms with van der Waals surface area (Å²) in [5, 5.41) is 3.48. The molecule has 3 aromatic rings. The lowest BCUT2D eigenvalue weighted by Gasteiger charge is -2.22. The Kier molecular flexibility index (Phi) is 6.82. The fourth-order valence-electron chi connectivity index (χ4n) is 4.04. The number of fused-ring (bicyclic) bond motifs is 2.